The van der Waals surface area contributed by atoms with Gasteiger partial charge in [0.1, 0.15) is 0 Å². The highest BCUT2D eigenvalue weighted by atomic mass is 35.5. The monoisotopic (exact) mass is 436 g/mol. The number of benzene rings is 2. The molecule has 0 saturated carbocycles. The van der Waals surface area contributed by atoms with Gasteiger partial charge in [0.25, 0.3) is 5.91 Å². The number of phenols is 1. The summed E-state index contributed by atoms with van der Waals surface area (Å²) in [4.78, 5) is 30.3. The molecule has 1 aliphatic rings. The normalized spacial score (nSPS) is 16.9. The number of amidine groups is 1. The average Bonchev–Trinajstić information content (AvgIpc) is 2.94. The minimum absolute atomic E-state index is 0.0998. The number of aromatic hydroxyl groups is 1. The van der Waals surface area contributed by atoms with E-state index in [0.717, 1.165) is 0 Å². The van der Waals surface area contributed by atoms with Gasteiger partial charge < -0.3 is 9.84 Å². The van der Waals surface area contributed by atoms with Crippen LogP contribution in [0.15, 0.2) is 46.3 Å². The van der Waals surface area contributed by atoms with E-state index in [-0.39, 0.29) is 21.7 Å². The molecule has 0 spiro atoms. The number of amides is 1. The highest BCUT2D eigenvalue weighted by Gasteiger charge is 2.30. The lowest BCUT2D eigenvalue weighted by atomic mass is 10.2. The summed E-state index contributed by atoms with van der Waals surface area (Å²) in [5.41, 5.74) is 1.59. The van der Waals surface area contributed by atoms with Gasteiger partial charge in [0, 0.05) is 7.05 Å². The van der Waals surface area contributed by atoms with Gasteiger partial charge in [0.05, 0.1) is 33.3 Å². The van der Waals surface area contributed by atoms with E-state index in [9.17, 15) is 14.7 Å². The van der Waals surface area contributed by atoms with E-state index < -0.39 is 5.97 Å². The van der Waals surface area contributed by atoms with Crippen molar-refractivity contribution in [3.8, 4) is 5.75 Å². The van der Waals surface area contributed by atoms with Crippen molar-refractivity contribution < 1.29 is 19.4 Å². The molecule has 9 heteroatoms. The Kier molecular flexibility index (Phi) is 5.98. The maximum Gasteiger partial charge on any atom is 0.337 e. The van der Waals surface area contributed by atoms with Crippen LogP contribution in [0.5, 0.6) is 5.75 Å². The number of esters is 1. The number of thioether (sulfide) groups is 1. The molecule has 1 aliphatic heterocycles. The van der Waals surface area contributed by atoms with Crippen LogP contribution in [-0.4, -0.2) is 41.2 Å². The summed E-state index contributed by atoms with van der Waals surface area (Å²) in [6, 6.07) is 9.57. The van der Waals surface area contributed by atoms with Gasteiger partial charge >= 0.3 is 5.97 Å². The van der Waals surface area contributed by atoms with Gasteiger partial charge in [-0.3, -0.25) is 9.69 Å². The quantitative estimate of drug-likeness (QED) is 0.556. The molecule has 2 aromatic carbocycles. The van der Waals surface area contributed by atoms with Gasteiger partial charge in [0.15, 0.2) is 10.9 Å². The van der Waals surface area contributed by atoms with Gasteiger partial charge in [-0.25, -0.2) is 9.79 Å². The van der Waals surface area contributed by atoms with E-state index in [1.54, 1.807) is 37.4 Å². The third-order valence-corrected chi connectivity index (χ3v) is 5.49. The van der Waals surface area contributed by atoms with E-state index in [1.807, 2.05) is 0 Å². The lowest BCUT2D eigenvalue weighted by molar-refractivity contribution is -0.121. The van der Waals surface area contributed by atoms with E-state index in [4.69, 9.17) is 23.2 Å². The minimum Gasteiger partial charge on any atom is -0.505 e. The molecule has 0 unspecified atom stereocenters. The second-order valence-electron chi connectivity index (χ2n) is 5.74. The third kappa shape index (κ3) is 4.16. The van der Waals surface area contributed by atoms with Crippen molar-refractivity contribution in [1.82, 2.24) is 4.90 Å². The standard InChI is InChI=1S/C19H14Cl2N2O4S/c1-23-17(25)15(9-10-7-13(20)16(24)14(21)8-10)28-19(23)22-12-5-3-11(4-6-12)18(26)27-2/h3-9,24H,1-2H3. The van der Waals surface area contributed by atoms with Crippen LogP contribution in [0.1, 0.15) is 15.9 Å². The second-order valence-corrected chi connectivity index (χ2v) is 7.56. The van der Waals surface area contributed by atoms with Crippen molar-refractivity contribution in [2.75, 3.05) is 14.2 Å². The predicted molar refractivity (Wildman–Crippen MR) is 111 cm³/mol. The maximum atomic E-state index is 12.5. The molecule has 28 heavy (non-hydrogen) atoms. The Balaban J connectivity index is 1.87. The molecule has 1 amide bonds. The summed E-state index contributed by atoms with van der Waals surface area (Å²) >= 11 is 13.1. The van der Waals surface area contributed by atoms with Gasteiger partial charge in [0.2, 0.25) is 0 Å². The molecule has 1 fully saturated rings. The lowest BCUT2D eigenvalue weighted by Gasteiger charge is -2.07. The van der Waals surface area contributed by atoms with E-state index in [2.05, 4.69) is 9.73 Å². The average molecular weight is 437 g/mol. The smallest absolute Gasteiger partial charge is 0.337 e. The van der Waals surface area contributed by atoms with Crippen LogP contribution in [0.25, 0.3) is 6.08 Å². The summed E-state index contributed by atoms with van der Waals surface area (Å²) in [5.74, 6) is -0.862. The van der Waals surface area contributed by atoms with E-state index >= 15 is 0 Å². The molecule has 0 bridgehead atoms. The Morgan fingerprint density at radius 3 is 2.39 bits per heavy atom. The highest BCUT2D eigenvalue weighted by molar-refractivity contribution is 8.18. The summed E-state index contributed by atoms with van der Waals surface area (Å²) in [5, 5.41) is 10.3. The molecule has 144 valence electrons. The van der Waals surface area contributed by atoms with Gasteiger partial charge in [-0.15, -0.1) is 0 Å². The van der Waals surface area contributed by atoms with Crippen molar-refractivity contribution in [1.29, 1.82) is 0 Å². The predicted octanol–water partition coefficient (Wildman–Crippen LogP) is 4.72. The SMILES string of the molecule is COC(=O)c1ccc(N=C2SC(=Cc3cc(Cl)c(O)c(Cl)c3)C(=O)N2C)cc1. The van der Waals surface area contributed by atoms with Gasteiger partial charge in [-0.2, -0.15) is 0 Å². The number of phenolic OH excluding ortho intramolecular Hbond substituents is 1. The van der Waals surface area contributed by atoms with Crippen LogP contribution in [0.3, 0.4) is 0 Å². The van der Waals surface area contributed by atoms with Gasteiger partial charge in [-0.1, -0.05) is 23.2 Å². The summed E-state index contributed by atoms with van der Waals surface area (Å²) in [7, 11) is 2.93. The van der Waals surface area contributed by atoms with Crippen LogP contribution in [0.2, 0.25) is 10.0 Å². The first-order chi connectivity index (χ1) is 13.3. The number of carbonyl (C=O) groups is 2. The first-order valence-electron chi connectivity index (χ1n) is 7.93. The Hall–Kier alpha value is -2.48. The molecule has 0 aromatic heterocycles. The minimum atomic E-state index is -0.432. The van der Waals surface area contributed by atoms with Crippen LogP contribution < -0.4 is 0 Å². The molecular formula is C19H14Cl2N2O4S. The number of carbonyl (C=O) groups excluding carboxylic acids is 2. The number of ether oxygens (including phenoxy) is 1. The Bertz CT molecular complexity index is 996. The highest BCUT2D eigenvalue weighted by Crippen LogP contribution is 2.36. The Morgan fingerprint density at radius 2 is 1.82 bits per heavy atom. The lowest BCUT2D eigenvalue weighted by Crippen LogP contribution is -2.23. The number of rotatable bonds is 3. The number of likely N-dealkylation sites (N-methyl/N-ethyl adjacent to an activating group) is 1. The molecule has 0 radical (unpaired) electrons. The zero-order valence-electron chi connectivity index (χ0n) is 14.8. The van der Waals surface area contributed by atoms with Crippen LogP contribution >= 0.6 is 35.0 Å². The topological polar surface area (TPSA) is 79.2 Å². The van der Waals surface area contributed by atoms with E-state index in [1.165, 1.54) is 35.9 Å². The number of nitrogens with zero attached hydrogens (tertiary/aromatic N) is 2. The Morgan fingerprint density at radius 1 is 1.21 bits per heavy atom. The van der Waals surface area contributed by atoms with Crippen LogP contribution in [-0.2, 0) is 9.53 Å². The first kappa shape index (κ1) is 20.3. The number of aliphatic imine (C=N–C) groups is 1. The zero-order valence-corrected chi connectivity index (χ0v) is 17.1. The van der Waals surface area contributed by atoms with Gasteiger partial charge in [-0.05, 0) is 59.8 Å². The first-order valence-corrected chi connectivity index (χ1v) is 9.50. The molecule has 1 saturated heterocycles. The van der Waals surface area contributed by atoms with Crippen molar-refractivity contribution in [2.24, 2.45) is 4.99 Å². The summed E-state index contributed by atoms with van der Waals surface area (Å²) < 4.78 is 4.66. The zero-order chi connectivity index (χ0) is 20.4. The number of hydrogen-bond donors (Lipinski definition) is 1. The van der Waals surface area contributed by atoms with Crippen molar-refractivity contribution >= 4 is 63.8 Å². The van der Waals surface area contributed by atoms with Crippen LogP contribution in [0, 0.1) is 0 Å². The fourth-order valence-corrected chi connectivity index (χ4v) is 3.86. The molecule has 0 atom stereocenters. The molecule has 3 rings (SSSR count). The largest absolute Gasteiger partial charge is 0.505 e. The molecule has 0 aliphatic carbocycles. The van der Waals surface area contributed by atoms with Crippen molar-refractivity contribution in [2.45, 2.75) is 0 Å². The van der Waals surface area contributed by atoms with Crippen molar-refractivity contribution in [3.63, 3.8) is 0 Å². The molecule has 2 aromatic rings. The third-order valence-electron chi connectivity index (χ3n) is 3.85. The molecule has 6 nitrogen and oxygen atoms in total. The molecule has 1 heterocycles. The molecule has 1 N–H and O–H groups in total. The maximum absolute atomic E-state index is 12.5. The second kappa shape index (κ2) is 8.26. The molecular weight excluding hydrogens is 423 g/mol. The number of methoxy groups -OCH3 is 1. The summed E-state index contributed by atoms with van der Waals surface area (Å²) in [6.45, 7) is 0. The Labute approximate surface area is 175 Å². The van der Waals surface area contributed by atoms with E-state index in [0.29, 0.717) is 26.9 Å². The summed E-state index contributed by atoms with van der Waals surface area (Å²) in [6.07, 6.45) is 1.63. The number of hydrogen-bond acceptors (Lipinski definition) is 6. The fraction of sp³-hybridized carbons (Fsp3) is 0.105. The number of halogens is 2. The van der Waals surface area contributed by atoms with Crippen LogP contribution in [0.4, 0.5) is 5.69 Å². The van der Waals surface area contributed by atoms with Crippen molar-refractivity contribution in [3.05, 3.63) is 62.5 Å². The fourth-order valence-electron chi connectivity index (χ4n) is 2.37.